The second-order valence-corrected chi connectivity index (χ2v) is 8.84. The smallest absolute Gasteiger partial charge is 0.242 e. The molecule has 0 saturated heterocycles. The van der Waals surface area contributed by atoms with Crippen molar-refractivity contribution in [2.45, 2.75) is 45.2 Å². The number of carbonyl (C=O) groups excluding carboxylic acids is 2. The number of benzene rings is 2. The summed E-state index contributed by atoms with van der Waals surface area (Å²) in [6, 6.07) is 14.5. The van der Waals surface area contributed by atoms with Crippen LogP contribution in [0, 0.1) is 0 Å². The largest absolute Gasteiger partial charge is 0.352 e. The number of nitrogens with one attached hydrogen (secondary N) is 1. The summed E-state index contributed by atoms with van der Waals surface area (Å²) >= 11 is 13.9. The Kier molecular flexibility index (Phi) is 9.34. The molecule has 29 heavy (non-hydrogen) atoms. The zero-order valence-electron chi connectivity index (χ0n) is 16.8. The van der Waals surface area contributed by atoms with Gasteiger partial charge in [-0.2, -0.15) is 0 Å². The molecule has 0 bridgehead atoms. The van der Waals surface area contributed by atoms with Gasteiger partial charge in [-0.15, -0.1) is 11.8 Å². The van der Waals surface area contributed by atoms with E-state index in [2.05, 4.69) is 5.32 Å². The molecule has 0 saturated carbocycles. The molecule has 4 nitrogen and oxygen atoms in total. The third kappa shape index (κ3) is 7.25. The summed E-state index contributed by atoms with van der Waals surface area (Å²) in [5.41, 5.74) is 1.79. The Hall–Kier alpha value is -1.69. The fraction of sp³-hybridized carbons (Fsp3) is 0.364. The zero-order chi connectivity index (χ0) is 21.4. The summed E-state index contributed by atoms with van der Waals surface area (Å²) in [4.78, 5) is 27.1. The van der Waals surface area contributed by atoms with Gasteiger partial charge in [0.2, 0.25) is 11.8 Å². The van der Waals surface area contributed by atoms with Crippen LogP contribution in [0.5, 0.6) is 0 Å². The van der Waals surface area contributed by atoms with Gasteiger partial charge in [0, 0.05) is 28.4 Å². The first kappa shape index (κ1) is 23.6. The fourth-order valence-electron chi connectivity index (χ4n) is 2.76. The normalized spacial score (nSPS) is 11.9. The van der Waals surface area contributed by atoms with Crippen LogP contribution in [0.4, 0.5) is 0 Å². The van der Waals surface area contributed by atoms with Crippen LogP contribution < -0.4 is 5.32 Å². The summed E-state index contributed by atoms with van der Waals surface area (Å²) in [5.74, 6) is 0.487. The van der Waals surface area contributed by atoms with Gasteiger partial charge in [0.25, 0.3) is 0 Å². The molecule has 7 heteroatoms. The first-order valence-corrected chi connectivity index (χ1v) is 11.3. The van der Waals surface area contributed by atoms with Crippen molar-refractivity contribution in [2.75, 3.05) is 5.75 Å². The van der Waals surface area contributed by atoms with Crippen molar-refractivity contribution < 1.29 is 9.59 Å². The second kappa shape index (κ2) is 11.5. The molecule has 0 aliphatic heterocycles. The lowest BCUT2D eigenvalue weighted by Crippen LogP contribution is -2.49. The topological polar surface area (TPSA) is 49.4 Å². The molecule has 0 heterocycles. The van der Waals surface area contributed by atoms with E-state index in [0.717, 1.165) is 11.1 Å². The maximum Gasteiger partial charge on any atom is 0.242 e. The van der Waals surface area contributed by atoms with E-state index >= 15 is 0 Å². The molecular formula is C22H26Cl2N2O2S. The number of thioether (sulfide) groups is 1. The van der Waals surface area contributed by atoms with E-state index in [-0.39, 0.29) is 23.6 Å². The third-order valence-corrected chi connectivity index (χ3v) is 5.98. The quantitative estimate of drug-likeness (QED) is 0.570. The average molecular weight is 453 g/mol. The summed E-state index contributed by atoms with van der Waals surface area (Å²) in [5, 5.41) is 4.06. The minimum Gasteiger partial charge on any atom is -0.352 e. The molecule has 0 aliphatic carbocycles. The highest BCUT2D eigenvalue weighted by atomic mass is 35.5. The standard InChI is InChI=1S/C22H26Cl2N2O2S/c1-15(2)25-22(28)16(3)26(12-17-8-5-4-6-9-17)21(27)14-29-13-18-19(23)10-7-11-20(18)24/h4-11,15-16H,12-14H2,1-3H3,(H,25,28)/t16-/m0/s1. The fourth-order valence-corrected chi connectivity index (χ4v) is 4.41. The molecule has 2 aromatic rings. The molecule has 0 aliphatic rings. The monoisotopic (exact) mass is 452 g/mol. The summed E-state index contributed by atoms with van der Waals surface area (Å²) in [7, 11) is 0. The van der Waals surface area contributed by atoms with Crippen LogP contribution in [-0.4, -0.2) is 34.6 Å². The van der Waals surface area contributed by atoms with E-state index in [1.807, 2.05) is 44.2 Å². The molecule has 0 unspecified atom stereocenters. The summed E-state index contributed by atoms with van der Waals surface area (Å²) in [6.45, 7) is 5.93. The molecule has 0 radical (unpaired) electrons. The van der Waals surface area contributed by atoms with Gasteiger partial charge in [-0.3, -0.25) is 9.59 Å². The predicted octanol–water partition coefficient (Wildman–Crippen LogP) is 5.17. The van der Waals surface area contributed by atoms with Gasteiger partial charge in [0.05, 0.1) is 5.75 Å². The number of halogens is 2. The number of hydrogen-bond donors (Lipinski definition) is 1. The van der Waals surface area contributed by atoms with Gasteiger partial charge in [-0.25, -0.2) is 0 Å². The van der Waals surface area contributed by atoms with Gasteiger partial charge in [-0.1, -0.05) is 59.6 Å². The Balaban J connectivity index is 2.08. The van der Waals surface area contributed by atoms with Crippen LogP contribution in [0.3, 0.4) is 0 Å². The lowest BCUT2D eigenvalue weighted by Gasteiger charge is -2.29. The van der Waals surface area contributed by atoms with Gasteiger partial charge in [-0.05, 0) is 44.0 Å². The first-order valence-electron chi connectivity index (χ1n) is 9.44. The lowest BCUT2D eigenvalue weighted by atomic mass is 10.1. The number of hydrogen-bond acceptors (Lipinski definition) is 3. The molecule has 0 spiro atoms. The number of nitrogens with zero attached hydrogens (tertiary/aromatic N) is 1. The van der Waals surface area contributed by atoms with Crippen molar-refractivity contribution >= 4 is 46.8 Å². The van der Waals surface area contributed by atoms with Gasteiger partial charge in [0.1, 0.15) is 6.04 Å². The maximum absolute atomic E-state index is 13.0. The zero-order valence-corrected chi connectivity index (χ0v) is 19.2. The molecule has 2 amide bonds. The van der Waals surface area contributed by atoms with E-state index in [1.54, 1.807) is 30.0 Å². The van der Waals surface area contributed by atoms with E-state index < -0.39 is 6.04 Å². The average Bonchev–Trinajstić information content (AvgIpc) is 2.68. The number of rotatable bonds is 9. The Morgan fingerprint density at radius 2 is 1.62 bits per heavy atom. The van der Waals surface area contributed by atoms with Crippen molar-refractivity contribution in [1.82, 2.24) is 10.2 Å². The summed E-state index contributed by atoms with van der Waals surface area (Å²) in [6.07, 6.45) is 0. The Morgan fingerprint density at radius 1 is 1.00 bits per heavy atom. The van der Waals surface area contributed by atoms with Crippen LogP contribution in [-0.2, 0) is 21.9 Å². The number of carbonyl (C=O) groups is 2. The molecule has 2 aromatic carbocycles. The first-order chi connectivity index (χ1) is 13.8. The van der Waals surface area contributed by atoms with E-state index in [4.69, 9.17) is 23.2 Å². The highest BCUT2D eigenvalue weighted by molar-refractivity contribution is 7.99. The van der Waals surface area contributed by atoms with Gasteiger partial charge < -0.3 is 10.2 Å². The Labute approximate surface area is 187 Å². The molecule has 2 rings (SSSR count). The molecular weight excluding hydrogens is 427 g/mol. The Bertz CT molecular complexity index is 811. The van der Waals surface area contributed by atoms with E-state index in [9.17, 15) is 9.59 Å². The van der Waals surface area contributed by atoms with Gasteiger partial charge in [0.15, 0.2) is 0 Å². The van der Waals surface area contributed by atoms with Crippen LogP contribution in [0.2, 0.25) is 10.0 Å². The third-order valence-electron chi connectivity index (χ3n) is 4.33. The van der Waals surface area contributed by atoms with Crippen LogP contribution in [0.25, 0.3) is 0 Å². The van der Waals surface area contributed by atoms with E-state index in [1.165, 1.54) is 11.8 Å². The van der Waals surface area contributed by atoms with Crippen LogP contribution in [0.1, 0.15) is 31.9 Å². The van der Waals surface area contributed by atoms with Crippen molar-refractivity contribution in [2.24, 2.45) is 0 Å². The lowest BCUT2D eigenvalue weighted by molar-refractivity contribution is -0.138. The minimum atomic E-state index is -0.574. The molecule has 0 fully saturated rings. The van der Waals surface area contributed by atoms with Crippen molar-refractivity contribution in [3.05, 3.63) is 69.7 Å². The highest BCUT2D eigenvalue weighted by Gasteiger charge is 2.26. The van der Waals surface area contributed by atoms with Gasteiger partial charge >= 0.3 is 0 Å². The molecule has 156 valence electrons. The van der Waals surface area contributed by atoms with Crippen LogP contribution >= 0.6 is 35.0 Å². The van der Waals surface area contributed by atoms with Crippen LogP contribution in [0.15, 0.2) is 48.5 Å². The number of amides is 2. The van der Waals surface area contributed by atoms with Crippen molar-refractivity contribution in [1.29, 1.82) is 0 Å². The molecule has 1 atom stereocenters. The molecule has 1 N–H and O–H groups in total. The van der Waals surface area contributed by atoms with Crippen molar-refractivity contribution in [3.63, 3.8) is 0 Å². The predicted molar refractivity (Wildman–Crippen MR) is 122 cm³/mol. The second-order valence-electron chi connectivity index (χ2n) is 7.04. The van der Waals surface area contributed by atoms with E-state index in [0.29, 0.717) is 22.3 Å². The maximum atomic E-state index is 13.0. The SMILES string of the molecule is CC(C)NC(=O)[C@H](C)N(Cc1ccccc1)C(=O)CSCc1c(Cl)cccc1Cl. The van der Waals surface area contributed by atoms with Crippen molar-refractivity contribution in [3.8, 4) is 0 Å². The summed E-state index contributed by atoms with van der Waals surface area (Å²) < 4.78 is 0. The minimum absolute atomic E-state index is 0.00960. The highest BCUT2D eigenvalue weighted by Crippen LogP contribution is 2.28. The Morgan fingerprint density at radius 3 is 2.21 bits per heavy atom. The molecule has 0 aromatic heterocycles.